The first-order valence-electron chi connectivity index (χ1n) is 23.8. The summed E-state index contributed by atoms with van der Waals surface area (Å²) in [5.41, 5.74) is 11.0. The summed E-state index contributed by atoms with van der Waals surface area (Å²) >= 11 is 0. The Bertz CT molecular complexity index is 4190. The molecule has 3 aromatic heterocycles. The molecule has 0 aliphatic heterocycles. The van der Waals surface area contributed by atoms with Gasteiger partial charge < -0.3 is 4.42 Å². The minimum absolute atomic E-state index is 0.472. The third-order valence-electron chi connectivity index (χ3n) is 13.7. The molecule has 71 heavy (non-hydrogen) atoms. The fourth-order valence-electron chi connectivity index (χ4n) is 10.3. The number of hydrogen-bond donors (Lipinski definition) is 0. The van der Waals surface area contributed by atoms with E-state index in [-0.39, 0.29) is 0 Å². The zero-order valence-electron chi connectivity index (χ0n) is 38.2. The molecule has 0 N–H and O–H groups in total. The Morgan fingerprint density at radius 1 is 0.254 bits per heavy atom. The summed E-state index contributed by atoms with van der Waals surface area (Å²) in [6.07, 6.45) is 0. The fraction of sp³-hybridized carbons (Fsp3) is 0. The fourth-order valence-corrected chi connectivity index (χ4v) is 10.3. The number of rotatable bonds is 7. The standard InChI is InChI=1S/C65H39N5O/c1-3-18-41(19-4-1)57-38-59(55-36-43-22-8-10-24-48(43)51-27-13-15-29-53(51)55)68-63(66-57)45-33-46(35-47(34-45)65-70-62-50-26-12-7-17-40(50)31-32-61(62)71-65)64-67-58(42-20-5-2-6-21-42)39-60(69-64)56-37-44-23-9-11-25-49(44)52-28-14-16-30-54(52)56/h1-39H. The van der Waals surface area contributed by atoms with Crippen LogP contribution < -0.4 is 0 Å². The second-order valence-corrected chi connectivity index (χ2v) is 18.0. The Morgan fingerprint density at radius 3 is 1.18 bits per heavy atom. The van der Waals surface area contributed by atoms with Crippen molar-refractivity contribution in [2.45, 2.75) is 0 Å². The summed E-state index contributed by atoms with van der Waals surface area (Å²) in [6, 6.07) is 82.2. The maximum Gasteiger partial charge on any atom is 0.227 e. The highest BCUT2D eigenvalue weighted by Gasteiger charge is 2.21. The van der Waals surface area contributed by atoms with Crippen LogP contribution in [0.3, 0.4) is 0 Å². The lowest BCUT2D eigenvalue weighted by molar-refractivity contribution is 0.620. The summed E-state index contributed by atoms with van der Waals surface area (Å²) in [4.78, 5) is 27.0. The molecule has 6 nitrogen and oxygen atoms in total. The van der Waals surface area contributed by atoms with Gasteiger partial charge in [-0.15, -0.1) is 0 Å². The number of fused-ring (bicyclic) bond motifs is 9. The van der Waals surface area contributed by atoms with Crippen molar-refractivity contribution in [3.05, 3.63) is 237 Å². The van der Waals surface area contributed by atoms with E-state index in [1.807, 2.05) is 54.6 Å². The van der Waals surface area contributed by atoms with Crippen LogP contribution in [0.1, 0.15) is 0 Å². The van der Waals surface area contributed by atoms with Crippen molar-refractivity contribution in [1.82, 2.24) is 24.9 Å². The molecule has 3 heterocycles. The lowest BCUT2D eigenvalue weighted by Crippen LogP contribution is -1.99. The molecule has 0 aliphatic carbocycles. The quantitative estimate of drug-likeness (QED) is 0.148. The van der Waals surface area contributed by atoms with E-state index < -0.39 is 0 Å². The molecule has 0 spiro atoms. The highest BCUT2D eigenvalue weighted by atomic mass is 16.3. The predicted molar refractivity (Wildman–Crippen MR) is 291 cm³/mol. The Morgan fingerprint density at radius 2 is 0.662 bits per heavy atom. The molecule has 0 saturated heterocycles. The molecule has 0 unspecified atom stereocenters. The molecule has 0 aliphatic rings. The maximum absolute atomic E-state index is 6.70. The Hall–Kier alpha value is -9.65. The third kappa shape index (κ3) is 7.08. The minimum Gasteiger partial charge on any atom is -0.436 e. The van der Waals surface area contributed by atoms with Crippen molar-refractivity contribution in [3.63, 3.8) is 0 Å². The van der Waals surface area contributed by atoms with Crippen LogP contribution >= 0.6 is 0 Å². The molecule has 0 fully saturated rings. The van der Waals surface area contributed by atoms with Gasteiger partial charge in [0.2, 0.25) is 5.89 Å². The summed E-state index contributed by atoms with van der Waals surface area (Å²) in [6.45, 7) is 0. The second kappa shape index (κ2) is 16.5. The van der Waals surface area contributed by atoms with Crippen LogP contribution in [-0.4, -0.2) is 24.9 Å². The molecule has 6 heteroatoms. The van der Waals surface area contributed by atoms with E-state index in [0.29, 0.717) is 23.1 Å². The normalized spacial score (nSPS) is 11.7. The summed E-state index contributed by atoms with van der Waals surface area (Å²) in [7, 11) is 0. The van der Waals surface area contributed by atoms with E-state index >= 15 is 0 Å². The molecule has 0 saturated carbocycles. The van der Waals surface area contributed by atoms with Crippen molar-refractivity contribution >= 4 is 65.0 Å². The van der Waals surface area contributed by atoms with Crippen molar-refractivity contribution < 1.29 is 4.42 Å². The SMILES string of the molecule is c1ccc(-c2cc(-c3cc4ccccc4c4ccccc34)nc(-c3cc(-c4nc(-c5ccccc5)cc(-c5cc6ccccc6c6ccccc56)n4)cc(-c4nc5c(ccc6ccccc65)o4)c3)n2)cc1. The maximum atomic E-state index is 6.70. The van der Waals surface area contributed by atoms with E-state index in [1.54, 1.807) is 0 Å². The number of oxazole rings is 1. The van der Waals surface area contributed by atoms with Gasteiger partial charge in [0, 0.05) is 44.3 Å². The predicted octanol–water partition coefficient (Wildman–Crippen LogP) is 16.8. The zero-order valence-corrected chi connectivity index (χ0v) is 38.2. The van der Waals surface area contributed by atoms with Crippen LogP contribution in [0.25, 0.3) is 144 Å². The van der Waals surface area contributed by atoms with Gasteiger partial charge in [-0.1, -0.05) is 188 Å². The van der Waals surface area contributed by atoms with E-state index in [9.17, 15) is 0 Å². The van der Waals surface area contributed by atoms with E-state index in [2.05, 4.69) is 182 Å². The highest BCUT2D eigenvalue weighted by Crippen LogP contribution is 2.41. The lowest BCUT2D eigenvalue weighted by atomic mass is 9.94. The molecule has 0 bridgehead atoms. The highest BCUT2D eigenvalue weighted by molar-refractivity contribution is 6.15. The topological polar surface area (TPSA) is 77.6 Å². The smallest absolute Gasteiger partial charge is 0.227 e. The van der Waals surface area contributed by atoms with E-state index in [4.69, 9.17) is 29.3 Å². The average Bonchev–Trinajstić information content (AvgIpc) is 3.90. The monoisotopic (exact) mass is 905 g/mol. The van der Waals surface area contributed by atoms with Gasteiger partial charge in [-0.3, -0.25) is 0 Å². The second-order valence-electron chi connectivity index (χ2n) is 18.0. The van der Waals surface area contributed by atoms with Crippen molar-refractivity contribution in [2.24, 2.45) is 0 Å². The van der Waals surface area contributed by atoms with Gasteiger partial charge in [-0.2, -0.15) is 0 Å². The molecule has 11 aromatic carbocycles. The van der Waals surface area contributed by atoms with Crippen molar-refractivity contribution in [2.75, 3.05) is 0 Å². The molecule has 0 amide bonds. The molecule has 0 atom stereocenters. The van der Waals surface area contributed by atoms with Crippen LogP contribution in [-0.2, 0) is 0 Å². The molecular weight excluding hydrogens is 867 g/mol. The molecule has 14 rings (SSSR count). The first-order valence-corrected chi connectivity index (χ1v) is 23.8. The number of hydrogen-bond acceptors (Lipinski definition) is 6. The number of aromatic nitrogens is 5. The lowest BCUT2D eigenvalue weighted by Gasteiger charge is -2.15. The van der Waals surface area contributed by atoms with Gasteiger partial charge in [0.15, 0.2) is 17.2 Å². The molecule has 14 aromatic rings. The van der Waals surface area contributed by atoms with Crippen molar-refractivity contribution in [1.29, 1.82) is 0 Å². The minimum atomic E-state index is 0.472. The third-order valence-corrected chi connectivity index (χ3v) is 13.7. The van der Waals surface area contributed by atoms with Crippen LogP contribution in [0.4, 0.5) is 0 Å². The van der Waals surface area contributed by atoms with Gasteiger partial charge >= 0.3 is 0 Å². The van der Waals surface area contributed by atoms with Crippen LogP contribution in [0.5, 0.6) is 0 Å². The molecule has 330 valence electrons. The molecular formula is C65H39N5O. The van der Waals surface area contributed by atoms with Crippen LogP contribution in [0, 0.1) is 0 Å². The van der Waals surface area contributed by atoms with Gasteiger partial charge in [-0.25, -0.2) is 24.9 Å². The average molecular weight is 906 g/mol. The Kier molecular flexibility index (Phi) is 9.42. The van der Waals surface area contributed by atoms with Gasteiger partial charge in [-0.05, 0) is 97.0 Å². The Balaban J connectivity index is 1.04. The summed E-state index contributed by atoms with van der Waals surface area (Å²) in [5, 5.41) is 11.3. The van der Waals surface area contributed by atoms with Gasteiger partial charge in [0.05, 0.1) is 22.8 Å². The van der Waals surface area contributed by atoms with Gasteiger partial charge in [0.25, 0.3) is 0 Å². The van der Waals surface area contributed by atoms with E-state index in [1.165, 1.54) is 21.5 Å². The Labute approximate surface area is 408 Å². The number of benzene rings is 11. The first kappa shape index (κ1) is 40.4. The number of nitrogens with zero attached hydrogens (tertiary/aromatic N) is 5. The van der Waals surface area contributed by atoms with Gasteiger partial charge in [0.1, 0.15) is 5.52 Å². The first-order chi connectivity index (χ1) is 35.1. The van der Waals surface area contributed by atoms with E-state index in [0.717, 1.165) is 99.6 Å². The van der Waals surface area contributed by atoms with Crippen molar-refractivity contribution in [3.8, 4) is 79.3 Å². The largest absolute Gasteiger partial charge is 0.436 e. The van der Waals surface area contributed by atoms with Crippen LogP contribution in [0.2, 0.25) is 0 Å². The summed E-state index contributed by atoms with van der Waals surface area (Å²) in [5.74, 6) is 1.56. The molecule has 0 radical (unpaired) electrons. The summed E-state index contributed by atoms with van der Waals surface area (Å²) < 4.78 is 6.70. The van der Waals surface area contributed by atoms with Crippen LogP contribution in [0.15, 0.2) is 241 Å². The zero-order chi connectivity index (χ0) is 46.8.